The minimum absolute atomic E-state index is 0.0584. The maximum absolute atomic E-state index is 12.1. The van der Waals surface area contributed by atoms with Gasteiger partial charge in [0, 0.05) is 31.0 Å². The molecule has 3 rings (SSSR count). The van der Waals surface area contributed by atoms with E-state index < -0.39 is 5.54 Å². The van der Waals surface area contributed by atoms with E-state index in [-0.39, 0.29) is 11.8 Å². The Morgan fingerprint density at radius 2 is 2.17 bits per heavy atom. The summed E-state index contributed by atoms with van der Waals surface area (Å²) >= 11 is 0. The molecular weight excluding hydrogens is 304 g/mol. The van der Waals surface area contributed by atoms with Crippen molar-refractivity contribution in [1.29, 1.82) is 0 Å². The predicted octanol–water partition coefficient (Wildman–Crippen LogP) is 1.76. The van der Waals surface area contributed by atoms with Gasteiger partial charge in [0.25, 0.3) is 0 Å². The molecule has 1 amide bonds. The zero-order valence-corrected chi connectivity index (χ0v) is 14.1. The number of hydrogen-bond donors (Lipinski definition) is 3. The van der Waals surface area contributed by atoms with Gasteiger partial charge in [0.1, 0.15) is 23.0 Å². The molecule has 0 aliphatic carbocycles. The maximum atomic E-state index is 12.1. The number of amides is 1. The Hall–Kier alpha value is -2.70. The van der Waals surface area contributed by atoms with Gasteiger partial charge in [-0.1, -0.05) is 6.07 Å². The van der Waals surface area contributed by atoms with Crippen molar-refractivity contribution >= 4 is 17.5 Å². The molecule has 0 bridgehead atoms. The lowest BCUT2D eigenvalue weighted by molar-refractivity contribution is -0.124. The van der Waals surface area contributed by atoms with Crippen molar-refractivity contribution in [1.82, 2.24) is 20.3 Å². The number of rotatable bonds is 5. The minimum Gasteiger partial charge on any atom is -0.369 e. The summed E-state index contributed by atoms with van der Waals surface area (Å²) in [6.07, 6.45) is 3.48. The molecule has 0 spiro atoms. The molecule has 2 aromatic rings. The Kier molecular flexibility index (Phi) is 4.33. The Bertz CT molecular complexity index is 745. The van der Waals surface area contributed by atoms with Gasteiger partial charge >= 0.3 is 0 Å². The maximum Gasteiger partial charge on any atom is 0.245 e. The molecule has 1 unspecified atom stereocenters. The van der Waals surface area contributed by atoms with Crippen LogP contribution in [0.4, 0.5) is 11.6 Å². The van der Waals surface area contributed by atoms with Crippen molar-refractivity contribution in [2.24, 2.45) is 0 Å². The first-order valence-corrected chi connectivity index (χ1v) is 8.09. The quantitative estimate of drug-likeness (QED) is 0.775. The number of nitrogens with one attached hydrogen (secondary N) is 3. The molecule has 0 saturated heterocycles. The largest absolute Gasteiger partial charge is 0.369 e. The molecule has 0 radical (unpaired) electrons. The highest BCUT2D eigenvalue weighted by Gasteiger charge is 2.29. The van der Waals surface area contributed by atoms with Crippen LogP contribution in [0.1, 0.15) is 38.1 Å². The van der Waals surface area contributed by atoms with Crippen molar-refractivity contribution < 1.29 is 4.79 Å². The fraction of sp³-hybridized carbons (Fsp3) is 0.412. The van der Waals surface area contributed by atoms with Crippen LogP contribution < -0.4 is 16.0 Å². The number of pyridine rings is 1. The standard InChI is InChI=1S/C17H22N6O/c1-4-18-16(24)17(2,3)23-13-7-9-20-15(22-13)12-10-21-14-11(12)6-5-8-19-14/h5-9,12H,4,10H2,1-3H3,(H,18,24)(H,19,21)(H,20,22,23). The predicted molar refractivity (Wildman–Crippen MR) is 93.0 cm³/mol. The number of carbonyl (C=O) groups excluding carboxylic acids is 1. The zero-order chi connectivity index (χ0) is 17.2. The van der Waals surface area contributed by atoms with Crippen LogP contribution in [0.5, 0.6) is 0 Å². The van der Waals surface area contributed by atoms with Gasteiger partial charge in [-0.3, -0.25) is 4.79 Å². The highest BCUT2D eigenvalue weighted by molar-refractivity contribution is 5.88. The number of hydrogen-bond acceptors (Lipinski definition) is 6. The van der Waals surface area contributed by atoms with Gasteiger partial charge < -0.3 is 16.0 Å². The first-order chi connectivity index (χ1) is 11.5. The molecule has 126 valence electrons. The monoisotopic (exact) mass is 326 g/mol. The third-order valence-electron chi connectivity index (χ3n) is 4.02. The van der Waals surface area contributed by atoms with E-state index in [0.717, 1.165) is 17.9 Å². The first-order valence-electron chi connectivity index (χ1n) is 8.09. The first kappa shape index (κ1) is 16.2. The second-order valence-corrected chi connectivity index (χ2v) is 6.28. The van der Waals surface area contributed by atoms with Crippen LogP contribution in [0.25, 0.3) is 0 Å². The van der Waals surface area contributed by atoms with Crippen molar-refractivity contribution in [3.05, 3.63) is 42.0 Å². The summed E-state index contributed by atoms with van der Waals surface area (Å²) < 4.78 is 0. The highest BCUT2D eigenvalue weighted by Crippen LogP contribution is 2.33. The van der Waals surface area contributed by atoms with Gasteiger partial charge in [0.15, 0.2) is 0 Å². The second-order valence-electron chi connectivity index (χ2n) is 6.28. The van der Waals surface area contributed by atoms with E-state index in [4.69, 9.17) is 0 Å². The van der Waals surface area contributed by atoms with Crippen LogP contribution >= 0.6 is 0 Å². The Labute approximate surface area is 141 Å². The third-order valence-corrected chi connectivity index (χ3v) is 4.02. The minimum atomic E-state index is -0.755. The molecule has 0 aromatic carbocycles. The van der Waals surface area contributed by atoms with E-state index in [2.05, 4.69) is 30.9 Å². The Morgan fingerprint density at radius 3 is 2.96 bits per heavy atom. The second kappa shape index (κ2) is 6.43. The average Bonchev–Trinajstić information content (AvgIpc) is 2.99. The summed E-state index contributed by atoms with van der Waals surface area (Å²) in [5, 5.41) is 9.29. The van der Waals surface area contributed by atoms with E-state index in [9.17, 15) is 4.79 Å². The Balaban J connectivity index is 1.82. The number of nitrogens with zero attached hydrogens (tertiary/aromatic N) is 3. The van der Waals surface area contributed by atoms with Gasteiger partial charge in [0.2, 0.25) is 5.91 Å². The normalized spacial score (nSPS) is 16.2. The van der Waals surface area contributed by atoms with Crippen LogP contribution in [0.2, 0.25) is 0 Å². The summed E-state index contributed by atoms with van der Waals surface area (Å²) in [7, 11) is 0. The SMILES string of the molecule is CCNC(=O)C(C)(C)Nc1ccnc(C2CNc3ncccc32)n1. The number of aromatic nitrogens is 3. The van der Waals surface area contributed by atoms with Crippen LogP contribution in [-0.4, -0.2) is 39.5 Å². The summed E-state index contributed by atoms with van der Waals surface area (Å²) in [6.45, 7) is 6.87. The molecular formula is C17H22N6O. The molecule has 0 saturated carbocycles. The number of fused-ring (bicyclic) bond motifs is 1. The summed E-state index contributed by atoms with van der Waals surface area (Å²) in [6, 6.07) is 5.73. The van der Waals surface area contributed by atoms with Gasteiger partial charge in [0.05, 0.1) is 5.92 Å². The molecule has 24 heavy (non-hydrogen) atoms. The fourth-order valence-electron chi connectivity index (χ4n) is 2.76. The summed E-state index contributed by atoms with van der Waals surface area (Å²) in [5.41, 5.74) is 0.340. The van der Waals surface area contributed by atoms with Crippen LogP contribution in [0, 0.1) is 0 Å². The smallest absolute Gasteiger partial charge is 0.245 e. The van der Waals surface area contributed by atoms with Crippen molar-refractivity contribution in [3.63, 3.8) is 0 Å². The van der Waals surface area contributed by atoms with Gasteiger partial charge in [-0.2, -0.15) is 0 Å². The summed E-state index contributed by atoms with van der Waals surface area (Å²) in [5.74, 6) is 2.22. The van der Waals surface area contributed by atoms with E-state index in [1.54, 1.807) is 18.5 Å². The lowest BCUT2D eigenvalue weighted by Gasteiger charge is -2.25. The molecule has 1 atom stereocenters. The molecule has 7 nitrogen and oxygen atoms in total. The number of likely N-dealkylation sites (N-methyl/N-ethyl adjacent to an activating group) is 1. The van der Waals surface area contributed by atoms with Gasteiger partial charge in [-0.25, -0.2) is 15.0 Å². The zero-order valence-electron chi connectivity index (χ0n) is 14.1. The summed E-state index contributed by atoms with van der Waals surface area (Å²) in [4.78, 5) is 25.5. The lowest BCUT2D eigenvalue weighted by atomic mass is 10.0. The molecule has 2 aromatic heterocycles. The van der Waals surface area contributed by atoms with Gasteiger partial charge in [-0.05, 0) is 32.9 Å². The molecule has 7 heteroatoms. The van der Waals surface area contributed by atoms with E-state index in [1.165, 1.54) is 0 Å². The highest BCUT2D eigenvalue weighted by atomic mass is 16.2. The number of carbonyl (C=O) groups is 1. The lowest BCUT2D eigenvalue weighted by Crippen LogP contribution is -2.48. The van der Waals surface area contributed by atoms with Crippen LogP contribution in [0.15, 0.2) is 30.6 Å². The Morgan fingerprint density at radius 1 is 1.33 bits per heavy atom. The van der Waals surface area contributed by atoms with Crippen molar-refractivity contribution in [3.8, 4) is 0 Å². The molecule has 1 aliphatic rings. The van der Waals surface area contributed by atoms with E-state index in [0.29, 0.717) is 18.2 Å². The number of anilines is 2. The van der Waals surface area contributed by atoms with Gasteiger partial charge in [-0.15, -0.1) is 0 Å². The molecule has 3 heterocycles. The van der Waals surface area contributed by atoms with Crippen molar-refractivity contribution in [2.45, 2.75) is 32.2 Å². The fourth-order valence-corrected chi connectivity index (χ4v) is 2.76. The van der Waals surface area contributed by atoms with Crippen LogP contribution in [0.3, 0.4) is 0 Å². The van der Waals surface area contributed by atoms with E-state index in [1.807, 2.05) is 32.9 Å². The van der Waals surface area contributed by atoms with Crippen LogP contribution in [-0.2, 0) is 4.79 Å². The third kappa shape index (κ3) is 3.15. The molecule has 0 fully saturated rings. The molecule has 3 N–H and O–H groups in total. The van der Waals surface area contributed by atoms with E-state index >= 15 is 0 Å². The van der Waals surface area contributed by atoms with Crippen molar-refractivity contribution in [2.75, 3.05) is 23.7 Å². The average molecular weight is 326 g/mol. The molecule has 1 aliphatic heterocycles. The topological polar surface area (TPSA) is 91.8 Å².